The molecule has 0 aromatic heterocycles. The topological polar surface area (TPSA) is 29.5 Å². The zero-order valence-corrected chi connectivity index (χ0v) is 22.5. The molecule has 2 atom stereocenters. The lowest BCUT2D eigenvalue weighted by Crippen LogP contribution is -2.49. The van der Waals surface area contributed by atoms with E-state index in [0.717, 1.165) is 49.2 Å². The van der Waals surface area contributed by atoms with Crippen molar-refractivity contribution in [2.75, 3.05) is 0 Å². The summed E-state index contributed by atoms with van der Waals surface area (Å²) in [6, 6.07) is 26.0. The number of nitrogens with zero attached hydrogens (tertiary/aromatic N) is 1. The minimum atomic E-state index is 0.178. The Morgan fingerprint density at radius 2 is 1.56 bits per heavy atom. The van der Waals surface area contributed by atoms with Crippen LogP contribution in [0.4, 0.5) is 0 Å². The Morgan fingerprint density at radius 1 is 0.917 bits per heavy atom. The van der Waals surface area contributed by atoms with Crippen LogP contribution in [0.5, 0.6) is 5.75 Å². The Balaban J connectivity index is 1.19. The van der Waals surface area contributed by atoms with E-state index in [1.807, 2.05) is 23.9 Å². The van der Waals surface area contributed by atoms with Crippen LogP contribution in [-0.4, -0.2) is 29.0 Å². The molecule has 3 aromatic carbocycles. The Labute approximate surface area is 220 Å². The minimum absolute atomic E-state index is 0.178. The van der Waals surface area contributed by atoms with Gasteiger partial charge in [-0.25, -0.2) is 0 Å². The predicted octanol–water partition coefficient (Wildman–Crippen LogP) is 7.88. The van der Waals surface area contributed by atoms with Crippen molar-refractivity contribution in [2.24, 2.45) is 0 Å². The Morgan fingerprint density at radius 3 is 2.19 bits per heavy atom. The van der Waals surface area contributed by atoms with E-state index in [9.17, 15) is 4.79 Å². The van der Waals surface area contributed by atoms with Crippen LogP contribution >= 0.6 is 11.8 Å². The fraction of sp³-hybridized carbons (Fsp3) is 0.406. The number of hydrogen-bond acceptors (Lipinski definition) is 3. The van der Waals surface area contributed by atoms with E-state index in [0.29, 0.717) is 5.92 Å². The van der Waals surface area contributed by atoms with Crippen LogP contribution in [0.25, 0.3) is 0 Å². The largest absolute Gasteiger partial charge is 0.490 e. The number of rotatable bonds is 8. The highest BCUT2D eigenvalue weighted by Gasteiger charge is 2.44. The number of para-hydroxylation sites is 1. The second-order valence-corrected chi connectivity index (χ2v) is 11.5. The fourth-order valence-corrected chi connectivity index (χ4v) is 6.53. The third-order valence-corrected chi connectivity index (χ3v) is 8.78. The summed E-state index contributed by atoms with van der Waals surface area (Å²) in [7, 11) is 0. The average molecular weight is 500 g/mol. The molecule has 0 aliphatic carbocycles. The number of piperidine rings is 1. The van der Waals surface area contributed by atoms with Crippen LogP contribution in [0, 0.1) is 0 Å². The molecule has 1 amide bonds. The number of carbonyl (C=O) groups is 1. The molecular weight excluding hydrogens is 462 g/mol. The van der Waals surface area contributed by atoms with Gasteiger partial charge in [-0.15, -0.1) is 11.8 Å². The lowest BCUT2D eigenvalue weighted by molar-refractivity contribution is 0.0356. The summed E-state index contributed by atoms with van der Waals surface area (Å²) >= 11 is 1.84. The summed E-state index contributed by atoms with van der Waals surface area (Å²) in [5.74, 6) is 2.53. The van der Waals surface area contributed by atoms with Crippen molar-refractivity contribution < 1.29 is 9.53 Å². The van der Waals surface area contributed by atoms with Crippen molar-refractivity contribution >= 4 is 17.7 Å². The van der Waals surface area contributed by atoms with Gasteiger partial charge in [0, 0.05) is 41.1 Å². The fourth-order valence-electron chi connectivity index (χ4n) is 5.68. The summed E-state index contributed by atoms with van der Waals surface area (Å²) < 4.78 is 6.51. The molecule has 0 spiro atoms. The standard InChI is InChI=1S/C32H37NO2S/c1-4-23-11-17-29(18-12-23)36-21-24-9-13-25(14-10-24)32(34)33-26-15-16-27(33)20-28(19-26)35-31-8-6-5-7-30(31)22(2)3/h5-14,17-18,22,26-28H,4,15-16,19-21H2,1-3H3. The number of ether oxygens (including phenoxy) is 1. The number of fused-ring (bicyclic) bond motifs is 2. The van der Waals surface area contributed by atoms with Gasteiger partial charge in [-0.05, 0) is 72.2 Å². The highest BCUT2D eigenvalue weighted by atomic mass is 32.2. The SMILES string of the molecule is CCc1ccc(SCc2ccc(C(=O)N3C4CCC3CC(Oc3ccccc3C(C)C)C4)cc2)cc1. The van der Waals surface area contributed by atoms with Gasteiger partial charge in [-0.2, -0.15) is 0 Å². The lowest BCUT2D eigenvalue weighted by Gasteiger charge is -2.39. The summed E-state index contributed by atoms with van der Waals surface area (Å²) in [6.07, 6.45) is 5.23. The molecule has 2 saturated heterocycles. The Bertz CT molecular complexity index is 1160. The monoisotopic (exact) mass is 499 g/mol. The number of aryl methyl sites for hydroxylation is 1. The smallest absolute Gasteiger partial charge is 0.254 e. The van der Waals surface area contributed by atoms with Gasteiger partial charge < -0.3 is 9.64 Å². The second-order valence-electron chi connectivity index (χ2n) is 10.5. The van der Waals surface area contributed by atoms with Gasteiger partial charge in [0.1, 0.15) is 11.9 Å². The van der Waals surface area contributed by atoms with Crippen molar-refractivity contribution in [3.8, 4) is 5.75 Å². The first-order valence-corrected chi connectivity index (χ1v) is 14.4. The molecule has 2 unspecified atom stereocenters. The van der Waals surface area contributed by atoms with Crippen LogP contribution in [0.3, 0.4) is 0 Å². The van der Waals surface area contributed by atoms with E-state index in [4.69, 9.17) is 4.74 Å². The average Bonchev–Trinajstić information content (AvgIpc) is 3.17. The molecule has 3 aromatic rings. The molecule has 0 radical (unpaired) electrons. The van der Waals surface area contributed by atoms with Crippen molar-refractivity contribution in [3.63, 3.8) is 0 Å². The highest BCUT2D eigenvalue weighted by Crippen LogP contribution is 2.39. The van der Waals surface area contributed by atoms with E-state index in [-0.39, 0.29) is 24.1 Å². The highest BCUT2D eigenvalue weighted by molar-refractivity contribution is 7.98. The van der Waals surface area contributed by atoms with Gasteiger partial charge in [-0.3, -0.25) is 4.79 Å². The van der Waals surface area contributed by atoms with Crippen LogP contribution in [0.2, 0.25) is 0 Å². The second kappa shape index (κ2) is 11.1. The van der Waals surface area contributed by atoms with Crippen LogP contribution in [-0.2, 0) is 12.2 Å². The van der Waals surface area contributed by atoms with E-state index >= 15 is 0 Å². The van der Waals surface area contributed by atoms with Crippen molar-refractivity contribution in [1.29, 1.82) is 0 Å². The van der Waals surface area contributed by atoms with E-state index < -0.39 is 0 Å². The molecule has 188 valence electrons. The quantitative estimate of drug-likeness (QED) is 0.295. The molecule has 0 N–H and O–H groups in total. The summed E-state index contributed by atoms with van der Waals surface area (Å²) in [4.78, 5) is 16.9. The molecular formula is C32H37NO2S. The molecule has 2 aliphatic rings. The van der Waals surface area contributed by atoms with Gasteiger partial charge in [0.05, 0.1) is 0 Å². The van der Waals surface area contributed by atoms with Gasteiger partial charge >= 0.3 is 0 Å². The molecule has 2 fully saturated rings. The zero-order chi connectivity index (χ0) is 25.1. The molecule has 2 aliphatic heterocycles. The maximum absolute atomic E-state index is 13.5. The minimum Gasteiger partial charge on any atom is -0.490 e. The van der Waals surface area contributed by atoms with Gasteiger partial charge in [-0.1, -0.05) is 63.2 Å². The Kier molecular flexibility index (Phi) is 7.71. The third kappa shape index (κ3) is 5.49. The first-order chi connectivity index (χ1) is 17.5. The number of hydrogen-bond donors (Lipinski definition) is 0. The predicted molar refractivity (Wildman–Crippen MR) is 149 cm³/mol. The number of benzene rings is 3. The maximum Gasteiger partial charge on any atom is 0.254 e. The first-order valence-electron chi connectivity index (χ1n) is 13.4. The lowest BCUT2D eigenvalue weighted by atomic mass is 9.97. The summed E-state index contributed by atoms with van der Waals surface area (Å²) in [5, 5.41) is 0. The summed E-state index contributed by atoms with van der Waals surface area (Å²) in [6.45, 7) is 6.60. The normalized spacial score (nSPS) is 21.1. The maximum atomic E-state index is 13.5. The number of carbonyl (C=O) groups excluding carboxylic acids is 1. The van der Waals surface area contributed by atoms with Gasteiger partial charge in [0.25, 0.3) is 5.91 Å². The molecule has 4 heteroatoms. The van der Waals surface area contributed by atoms with E-state index in [1.165, 1.54) is 21.6 Å². The molecule has 3 nitrogen and oxygen atoms in total. The van der Waals surface area contributed by atoms with Gasteiger partial charge in [0.2, 0.25) is 0 Å². The van der Waals surface area contributed by atoms with E-state index in [1.54, 1.807) is 0 Å². The van der Waals surface area contributed by atoms with Crippen molar-refractivity contribution in [3.05, 3.63) is 95.1 Å². The van der Waals surface area contributed by atoms with Crippen LogP contribution < -0.4 is 4.74 Å². The first kappa shape index (κ1) is 25.0. The van der Waals surface area contributed by atoms with Crippen molar-refractivity contribution in [2.45, 2.75) is 87.6 Å². The summed E-state index contributed by atoms with van der Waals surface area (Å²) in [5.41, 5.74) is 4.68. The number of amides is 1. The van der Waals surface area contributed by atoms with E-state index in [2.05, 4.69) is 86.3 Å². The molecule has 2 heterocycles. The van der Waals surface area contributed by atoms with Crippen molar-refractivity contribution in [1.82, 2.24) is 4.90 Å². The van der Waals surface area contributed by atoms with Crippen LogP contribution in [0.15, 0.2) is 77.7 Å². The Hall–Kier alpha value is -2.72. The van der Waals surface area contributed by atoms with Crippen LogP contribution in [0.1, 0.15) is 79.4 Å². The third-order valence-electron chi connectivity index (χ3n) is 7.70. The van der Waals surface area contributed by atoms with Gasteiger partial charge in [0.15, 0.2) is 0 Å². The zero-order valence-electron chi connectivity index (χ0n) is 21.7. The molecule has 0 saturated carbocycles. The molecule has 5 rings (SSSR count). The molecule has 36 heavy (non-hydrogen) atoms. The molecule has 2 bridgehead atoms. The number of thioether (sulfide) groups is 1.